The lowest BCUT2D eigenvalue weighted by molar-refractivity contribution is -0.126. The van der Waals surface area contributed by atoms with Crippen molar-refractivity contribution in [3.05, 3.63) is 65.9 Å². The summed E-state index contributed by atoms with van der Waals surface area (Å²) in [6.07, 6.45) is 5.61. The molecule has 0 radical (unpaired) electrons. The number of para-hydroxylation sites is 1. The van der Waals surface area contributed by atoms with Gasteiger partial charge in [-0.25, -0.2) is 0 Å². The van der Waals surface area contributed by atoms with E-state index in [9.17, 15) is 4.79 Å². The molecule has 1 amide bonds. The summed E-state index contributed by atoms with van der Waals surface area (Å²) >= 11 is 0. The molecule has 1 atom stereocenters. The minimum atomic E-state index is -0.718. The van der Waals surface area contributed by atoms with Crippen LogP contribution in [0.15, 0.2) is 54.7 Å². The number of nitrogens with one attached hydrogen (secondary N) is 2. The number of aromatic amines is 1. The maximum atomic E-state index is 12.8. The van der Waals surface area contributed by atoms with Crippen LogP contribution in [0.25, 0.3) is 10.9 Å². The largest absolute Gasteiger partial charge is 0.497 e. The number of hydrogen-bond donors (Lipinski definition) is 3. The van der Waals surface area contributed by atoms with Gasteiger partial charge in [0.05, 0.1) is 12.6 Å². The minimum Gasteiger partial charge on any atom is -0.497 e. The van der Waals surface area contributed by atoms with Gasteiger partial charge in [-0.2, -0.15) is 0 Å². The number of fused-ring (bicyclic) bond motifs is 1. The Kier molecular flexibility index (Phi) is 5.09. The van der Waals surface area contributed by atoms with Gasteiger partial charge < -0.3 is 20.8 Å². The highest BCUT2D eigenvalue weighted by atomic mass is 16.5. The molecular formula is C23H27N3O2. The van der Waals surface area contributed by atoms with Gasteiger partial charge in [0.1, 0.15) is 5.75 Å². The zero-order valence-electron chi connectivity index (χ0n) is 16.2. The van der Waals surface area contributed by atoms with E-state index in [1.165, 1.54) is 10.9 Å². The van der Waals surface area contributed by atoms with Gasteiger partial charge in [0.15, 0.2) is 0 Å². The zero-order valence-corrected chi connectivity index (χ0v) is 16.2. The first kappa shape index (κ1) is 18.6. The first-order valence-electron chi connectivity index (χ1n) is 9.88. The van der Waals surface area contributed by atoms with Crippen molar-refractivity contribution >= 4 is 16.8 Å². The molecule has 0 bridgehead atoms. The monoisotopic (exact) mass is 377 g/mol. The Bertz CT molecular complexity index is 955. The molecule has 146 valence electrons. The van der Waals surface area contributed by atoms with E-state index in [-0.39, 0.29) is 11.8 Å². The lowest BCUT2D eigenvalue weighted by atomic mass is 9.90. The fourth-order valence-electron chi connectivity index (χ4n) is 4.23. The highest BCUT2D eigenvalue weighted by Crippen LogP contribution is 2.32. The second-order valence-corrected chi connectivity index (χ2v) is 7.69. The third kappa shape index (κ3) is 3.50. The van der Waals surface area contributed by atoms with Crippen LogP contribution in [0.4, 0.5) is 0 Å². The molecule has 4 rings (SSSR count). The molecular weight excluding hydrogens is 350 g/mol. The average Bonchev–Trinajstić information content (AvgIpc) is 3.36. The summed E-state index contributed by atoms with van der Waals surface area (Å²) in [5.41, 5.74) is 9.01. The third-order valence-corrected chi connectivity index (χ3v) is 5.93. The molecule has 1 heterocycles. The first-order chi connectivity index (χ1) is 13.6. The molecule has 4 N–H and O–H groups in total. The van der Waals surface area contributed by atoms with Crippen molar-refractivity contribution in [2.24, 2.45) is 5.73 Å². The number of carbonyl (C=O) groups is 1. The lowest BCUT2D eigenvalue weighted by Crippen LogP contribution is -2.52. The molecule has 1 saturated carbocycles. The van der Waals surface area contributed by atoms with E-state index in [0.29, 0.717) is 6.54 Å². The molecule has 2 aromatic carbocycles. The maximum Gasteiger partial charge on any atom is 0.240 e. The van der Waals surface area contributed by atoms with E-state index < -0.39 is 5.54 Å². The average molecular weight is 377 g/mol. The summed E-state index contributed by atoms with van der Waals surface area (Å²) in [7, 11) is 1.66. The molecule has 3 aromatic rings. The summed E-state index contributed by atoms with van der Waals surface area (Å²) in [5, 5.41) is 4.30. The second-order valence-electron chi connectivity index (χ2n) is 7.69. The number of carbonyl (C=O) groups excluding carboxylic acids is 1. The van der Waals surface area contributed by atoms with Gasteiger partial charge >= 0.3 is 0 Å². The number of nitrogens with two attached hydrogens (primary N) is 1. The van der Waals surface area contributed by atoms with Crippen molar-refractivity contribution in [2.45, 2.75) is 37.1 Å². The van der Waals surface area contributed by atoms with E-state index in [2.05, 4.69) is 34.6 Å². The van der Waals surface area contributed by atoms with Gasteiger partial charge in [0, 0.05) is 29.6 Å². The van der Waals surface area contributed by atoms with Crippen LogP contribution >= 0.6 is 0 Å². The summed E-state index contributed by atoms with van der Waals surface area (Å²) < 4.78 is 5.30. The van der Waals surface area contributed by atoms with E-state index in [1.807, 2.05) is 30.5 Å². The van der Waals surface area contributed by atoms with Crippen molar-refractivity contribution in [3.63, 3.8) is 0 Å². The molecule has 0 spiro atoms. The summed E-state index contributed by atoms with van der Waals surface area (Å²) in [5.74, 6) is 0.802. The van der Waals surface area contributed by atoms with E-state index in [0.717, 1.165) is 42.5 Å². The summed E-state index contributed by atoms with van der Waals surface area (Å²) in [6.45, 7) is 0.506. The molecule has 1 aliphatic carbocycles. The third-order valence-electron chi connectivity index (χ3n) is 5.93. The van der Waals surface area contributed by atoms with Gasteiger partial charge in [-0.05, 0) is 42.2 Å². The summed E-state index contributed by atoms with van der Waals surface area (Å²) in [4.78, 5) is 16.1. The number of methoxy groups -OCH3 is 1. The number of benzene rings is 2. The number of amides is 1. The number of H-pyrrole nitrogens is 1. The Hall–Kier alpha value is -2.79. The van der Waals surface area contributed by atoms with Gasteiger partial charge in [0.2, 0.25) is 5.91 Å². The Morgan fingerprint density at radius 2 is 1.89 bits per heavy atom. The number of ether oxygens (including phenoxy) is 1. The fourth-order valence-corrected chi connectivity index (χ4v) is 4.23. The van der Waals surface area contributed by atoms with Crippen LogP contribution in [0.2, 0.25) is 0 Å². The van der Waals surface area contributed by atoms with Crippen molar-refractivity contribution in [2.75, 3.05) is 13.7 Å². The topological polar surface area (TPSA) is 80.1 Å². The van der Waals surface area contributed by atoms with Crippen LogP contribution in [0.3, 0.4) is 0 Å². The molecule has 1 unspecified atom stereocenters. The van der Waals surface area contributed by atoms with Crippen molar-refractivity contribution in [1.29, 1.82) is 0 Å². The predicted octanol–water partition coefficient (Wildman–Crippen LogP) is 3.70. The van der Waals surface area contributed by atoms with Gasteiger partial charge in [-0.15, -0.1) is 0 Å². The maximum absolute atomic E-state index is 12.8. The smallest absolute Gasteiger partial charge is 0.240 e. The first-order valence-corrected chi connectivity index (χ1v) is 9.88. The second kappa shape index (κ2) is 7.68. The molecule has 0 aliphatic heterocycles. The van der Waals surface area contributed by atoms with Crippen molar-refractivity contribution in [1.82, 2.24) is 10.3 Å². The molecule has 1 aliphatic rings. The quantitative estimate of drug-likeness (QED) is 0.613. The molecule has 1 aromatic heterocycles. The highest BCUT2D eigenvalue weighted by molar-refractivity contribution is 5.87. The highest BCUT2D eigenvalue weighted by Gasteiger charge is 2.37. The summed E-state index contributed by atoms with van der Waals surface area (Å²) in [6, 6.07) is 16.3. The van der Waals surface area contributed by atoms with Crippen LogP contribution < -0.4 is 15.8 Å². The SMILES string of the molecule is COc1ccc(C(CNC(=O)C2(N)CCCC2)c2c[nH]c3ccccc23)cc1. The van der Waals surface area contributed by atoms with Crippen LogP contribution in [0.5, 0.6) is 5.75 Å². The standard InChI is InChI=1S/C23H27N3O2/c1-28-17-10-8-16(9-11-17)19(14-26-22(27)23(24)12-4-5-13-23)20-15-25-21-7-3-2-6-18(20)21/h2-3,6-11,15,19,25H,4-5,12-14,24H2,1H3,(H,26,27). The Labute approximate surface area is 165 Å². The number of hydrogen-bond acceptors (Lipinski definition) is 3. The number of rotatable bonds is 6. The predicted molar refractivity (Wildman–Crippen MR) is 112 cm³/mol. The van der Waals surface area contributed by atoms with E-state index in [1.54, 1.807) is 7.11 Å². The van der Waals surface area contributed by atoms with Crippen molar-refractivity contribution < 1.29 is 9.53 Å². The molecule has 5 heteroatoms. The molecule has 5 nitrogen and oxygen atoms in total. The Morgan fingerprint density at radius 3 is 2.61 bits per heavy atom. The van der Waals surface area contributed by atoms with Crippen LogP contribution in [0.1, 0.15) is 42.7 Å². The lowest BCUT2D eigenvalue weighted by Gasteiger charge is -2.25. The van der Waals surface area contributed by atoms with Gasteiger partial charge in [-0.1, -0.05) is 43.2 Å². The normalized spacial score (nSPS) is 16.8. The minimum absolute atomic E-state index is 0.0241. The molecule has 28 heavy (non-hydrogen) atoms. The number of aromatic nitrogens is 1. The van der Waals surface area contributed by atoms with Gasteiger partial charge in [0.25, 0.3) is 0 Å². The van der Waals surface area contributed by atoms with Crippen LogP contribution in [-0.4, -0.2) is 30.1 Å². The molecule has 0 saturated heterocycles. The van der Waals surface area contributed by atoms with Gasteiger partial charge in [-0.3, -0.25) is 4.79 Å². The van der Waals surface area contributed by atoms with Crippen LogP contribution in [-0.2, 0) is 4.79 Å². The van der Waals surface area contributed by atoms with Crippen molar-refractivity contribution in [3.8, 4) is 5.75 Å². The Morgan fingerprint density at radius 1 is 1.18 bits per heavy atom. The Balaban J connectivity index is 1.64. The van der Waals surface area contributed by atoms with Crippen LogP contribution in [0, 0.1) is 0 Å². The van der Waals surface area contributed by atoms with E-state index in [4.69, 9.17) is 10.5 Å². The van der Waals surface area contributed by atoms with E-state index >= 15 is 0 Å². The zero-order chi connectivity index (χ0) is 19.6. The fraction of sp³-hybridized carbons (Fsp3) is 0.348. The molecule has 1 fully saturated rings.